The molecular formula is C13H12FN3O3. The molecular weight excluding hydrogens is 265 g/mol. The second kappa shape index (κ2) is 4.29. The van der Waals surface area contributed by atoms with E-state index in [-0.39, 0.29) is 4.90 Å². The van der Waals surface area contributed by atoms with Gasteiger partial charge >= 0.3 is 0 Å². The number of rotatable bonds is 1. The predicted molar refractivity (Wildman–Crippen MR) is 66.9 cm³/mol. The molecule has 0 aliphatic carbocycles. The lowest BCUT2D eigenvalue weighted by atomic mass is 10.0. The van der Waals surface area contributed by atoms with Gasteiger partial charge in [-0.3, -0.25) is 19.7 Å². The molecule has 0 aromatic heterocycles. The van der Waals surface area contributed by atoms with Gasteiger partial charge in [0.05, 0.1) is 6.85 Å². The maximum atomic E-state index is 14.1. The number of benzene rings is 1. The van der Waals surface area contributed by atoms with Crippen LogP contribution in [0, 0.1) is 5.82 Å². The molecule has 7 heteroatoms. The van der Waals surface area contributed by atoms with Crippen LogP contribution in [0.25, 0.3) is 0 Å². The topological polar surface area (TPSA) is 92.5 Å². The number of hydrogen-bond acceptors (Lipinski definition) is 4. The van der Waals surface area contributed by atoms with Crippen molar-refractivity contribution in [2.24, 2.45) is 0 Å². The molecule has 2 aliphatic heterocycles. The van der Waals surface area contributed by atoms with Gasteiger partial charge in [-0.2, -0.15) is 0 Å². The molecule has 104 valence electrons. The van der Waals surface area contributed by atoms with E-state index < -0.39 is 77.7 Å². The summed E-state index contributed by atoms with van der Waals surface area (Å²) in [6, 6.07) is -6.07. The molecule has 3 rings (SSSR count). The standard InChI is InChI=1S/C13H12FN3O3/c14-6-3-7-8(9(15)4-6)5-17(13(7)20)10-1-2-11(18)16-12(10)19/h3-4,10H,1-2,5,15H2,(H,16,18,19)/i1D2,2D2,3D,4D,5D2,10D. The van der Waals surface area contributed by atoms with E-state index in [0.29, 0.717) is 0 Å². The maximum Gasteiger partial charge on any atom is 0.255 e. The first-order chi connectivity index (χ1) is 13.0. The summed E-state index contributed by atoms with van der Waals surface area (Å²) < 4.78 is 85.2. The summed E-state index contributed by atoms with van der Waals surface area (Å²) in [5.74, 6) is -6.85. The van der Waals surface area contributed by atoms with Gasteiger partial charge in [0, 0.05) is 35.2 Å². The molecule has 2 heterocycles. The van der Waals surface area contributed by atoms with Crippen molar-refractivity contribution in [2.45, 2.75) is 25.3 Å². The fraction of sp³-hybridized carbons (Fsp3) is 0.308. The van der Waals surface area contributed by atoms with Crippen LogP contribution in [-0.4, -0.2) is 28.6 Å². The first kappa shape index (κ1) is 5.90. The van der Waals surface area contributed by atoms with E-state index in [1.807, 2.05) is 0 Å². The van der Waals surface area contributed by atoms with Gasteiger partial charge in [-0.25, -0.2) is 4.39 Å². The lowest BCUT2D eigenvalue weighted by Crippen LogP contribution is -2.52. The van der Waals surface area contributed by atoms with Crippen molar-refractivity contribution < 1.29 is 31.1 Å². The molecule has 3 N–H and O–H groups in total. The smallest absolute Gasteiger partial charge is 0.255 e. The zero-order chi connectivity index (χ0) is 22.5. The van der Waals surface area contributed by atoms with Gasteiger partial charge < -0.3 is 10.6 Å². The summed E-state index contributed by atoms with van der Waals surface area (Å²) in [5.41, 5.74) is 2.67. The minimum Gasteiger partial charge on any atom is -0.398 e. The van der Waals surface area contributed by atoms with E-state index >= 15 is 0 Å². The highest BCUT2D eigenvalue weighted by atomic mass is 19.1. The van der Waals surface area contributed by atoms with Crippen LogP contribution in [0.5, 0.6) is 0 Å². The van der Waals surface area contributed by atoms with Crippen molar-refractivity contribution in [3.8, 4) is 0 Å². The van der Waals surface area contributed by atoms with Crippen molar-refractivity contribution in [1.82, 2.24) is 10.2 Å². The van der Waals surface area contributed by atoms with Gasteiger partial charge in [0.1, 0.15) is 11.8 Å². The number of carbonyl (C=O) groups excluding carboxylic acids is 3. The Bertz CT molecular complexity index is 1020. The van der Waals surface area contributed by atoms with Crippen LogP contribution in [0.2, 0.25) is 0 Å². The van der Waals surface area contributed by atoms with Gasteiger partial charge in [-0.05, 0) is 18.5 Å². The number of nitrogens with one attached hydrogen (secondary N) is 1. The normalized spacial score (nSPS) is 39.8. The highest BCUT2D eigenvalue weighted by Crippen LogP contribution is 2.31. The quantitative estimate of drug-likeness (QED) is 0.568. The number of anilines is 1. The summed E-state index contributed by atoms with van der Waals surface area (Å²) in [6.45, 7) is -3.32. The summed E-state index contributed by atoms with van der Waals surface area (Å²) >= 11 is 0. The summed E-state index contributed by atoms with van der Waals surface area (Å²) in [5, 5.41) is 1.40. The Morgan fingerprint density at radius 2 is 2.25 bits per heavy atom. The van der Waals surface area contributed by atoms with Crippen molar-refractivity contribution in [1.29, 1.82) is 0 Å². The number of fused-ring (bicyclic) bond motifs is 1. The third kappa shape index (κ3) is 1.82. The molecule has 20 heavy (non-hydrogen) atoms. The Balaban J connectivity index is 2.37. The molecule has 2 aliphatic rings. The number of amides is 3. The Kier molecular flexibility index (Phi) is 1.27. The SMILES string of the molecule is [2H]c1c(N)c2c(c([2H])c1F)C(=O)N(C1([2H])C(=O)NC(=O)C([2H])([2H])C1([2H])[2H])C2([2H])[2H]. The van der Waals surface area contributed by atoms with Crippen molar-refractivity contribution >= 4 is 23.4 Å². The monoisotopic (exact) mass is 286 g/mol. The zero-order valence-corrected chi connectivity index (χ0v) is 9.63. The van der Waals surface area contributed by atoms with Gasteiger partial charge in [-0.1, -0.05) is 0 Å². The number of piperidine rings is 1. The number of hydrogen-bond donors (Lipinski definition) is 2. The van der Waals surface area contributed by atoms with Crippen LogP contribution in [0.15, 0.2) is 12.1 Å². The number of imide groups is 1. The molecule has 1 atom stereocenters. The lowest BCUT2D eigenvalue weighted by molar-refractivity contribution is -0.136. The molecule has 0 saturated carbocycles. The number of nitrogen functional groups attached to an aromatic ring is 1. The van der Waals surface area contributed by atoms with Crippen LogP contribution in [0.4, 0.5) is 10.1 Å². The van der Waals surface area contributed by atoms with Crippen LogP contribution in [-0.2, 0) is 16.1 Å². The molecule has 0 bridgehead atoms. The van der Waals surface area contributed by atoms with Crippen LogP contribution in [0.3, 0.4) is 0 Å². The summed E-state index contributed by atoms with van der Waals surface area (Å²) in [7, 11) is 0. The number of nitrogens with zero attached hydrogens (tertiary/aromatic N) is 1. The molecule has 1 fully saturated rings. The van der Waals surface area contributed by atoms with E-state index in [1.54, 1.807) is 0 Å². The van der Waals surface area contributed by atoms with E-state index in [9.17, 15) is 18.8 Å². The highest BCUT2D eigenvalue weighted by Gasteiger charge is 2.39. The molecule has 1 aromatic rings. The molecule has 1 saturated heterocycles. The second-order valence-corrected chi connectivity index (χ2v) is 3.86. The first-order valence-electron chi connectivity index (χ1n) is 9.76. The number of halogens is 1. The van der Waals surface area contributed by atoms with Crippen LogP contribution >= 0.6 is 0 Å². The highest BCUT2D eigenvalue weighted by molar-refractivity contribution is 6.06. The third-order valence-electron chi connectivity index (χ3n) is 2.60. The number of nitrogens with two attached hydrogens (primary N) is 1. The molecule has 1 unspecified atom stereocenters. The van der Waals surface area contributed by atoms with E-state index in [1.165, 1.54) is 5.32 Å². The second-order valence-electron chi connectivity index (χ2n) is 3.86. The number of carbonyl (C=O) groups is 3. The summed E-state index contributed by atoms with van der Waals surface area (Å²) in [4.78, 5) is 36.7. The zero-order valence-electron chi connectivity index (χ0n) is 18.6. The summed E-state index contributed by atoms with van der Waals surface area (Å²) in [6.07, 6.45) is -7.32. The Hall–Kier alpha value is -2.44. The minimum absolute atomic E-state index is 0.322. The fourth-order valence-electron chi connectivity index (χ4n) is 1.75. The van der Waals surface area contributed by atoms with E-state index in [0.717, 1.165) is 0 Å². The van der Waals surface area contributed by atoms with Crippen molar-refractivity contribution in [3.63, 3.8) is 0 Å². The largest absolute Gasteiger partial charge is 0.398 e. The van der Waals surface area contributed by atoms with Crippen molar-refractivity contribution in [2.75, 3.05) is 5.73 Å². The van der Waals surface area contributed by atoms with Gasteiger partial charge in [0.2, 0.25) is 11.8 Å². The van der Waals surface area contributed by atoms with E-state index in [4.69, 9.17) is 18.1 Å². The minimum atomic E-state index is -3.77. The van der Waals surface area contributed by atoms with Crippen LogP contribution in [0.1, 0.15) is 41.0 Å². The molecule has 0 spiro atoms. The Morgan fingerprint density at radius 1 is 1.50 bits per heavy atom. The lowest BCUT2D eigenvalue weighted by Gasteiger charge is -2.29. The predicted octanol–water partition coefficient (Wildman–Crippen LogP) is 0.169. The Labute approximate surface area is 126 Å². The Morgan fingerprint density at radius 3 is 3.00 bits per heavy atom. The van der Waals surface area contributed by atoms with Gasteiger partial charge in [-0.15, -0.1) is 0 Å². The average Bonchev–Trinajstić information content (AvgIpc) is 2.81. The molecule has 6 nitrogen and oxygen atoms in total. The average molecular weight is 286 g/mol. The molecule has 3 amide bonds. The van der Waals surface area contributed by atoms with Crippen molar-refractivity contribution in [3.05, 3.63) is 29.0 Å². The third-order valence-corrected chi connectivity index (χ3v) is 2.60. The van der Waals surface area contributed by atoms with E-state index in [2.05, 4.69) is 0 Å². The van der Waals surface area contributed by atoms with Gasteiger partial charge in [0.25, 0.3) is 5.91 Å². The van der Waals surface area contributed by atoms with Gasteiger partial charge in [0.15, 0.2) is 0 Å². The van der Waals surface area contributed by atoms with Crippen LogP contribution < -0.4 is 11.1 Å². The molecule has 1 aromatic carbocycles. The maximum absolute atomic E-state index is 14.1. The fourth-order valence-corrected chi connectivity index (χ4v) is 1.75. The first-order valence-corrected chi connectivity index (χ1v) is 5.26. The molecule has 0 radical (unpaired) electrons.